The predicted molar refractivity (Wildman–Crippen MR) is 111 cm³/mol. The zero-order chi connectivity index (χ0) is 20.3. The van der Waals surface area contributed by atoms with Crippen molar-refractivity contribution < 1.29 is 19.4 Å². The number of rotatable bonds is 3. The molecule has 9 heteroatoms. The van der Waals surface area contributed by atoms with Gasteiger partial charge in [-0.05, 0) is 55.5 Å². The lowest BCUT2D eigenvalue weighted by molar-refractivity contribution is -0.137. The molecule has 1 fully saturated rings. The van der Waals surface area contributed by atoms with E-state index in [1.165, 1.54) is 14.2 Å². The van der Waals surface area contributed by atoms with Crippen molar-refractivity contribution in [3.63, 3.8) is 0 Å². The van der Waals surface area contributed by atoms with Crippen molar-refractivity contribution in [2.45, 2.75) is 22.1 Å². The number of allylic oxidation sites excluding steroid dienone is 3. The quantitative estimate of drug-likeness (QED) is 0.454. The van der Waals surface area contributed by atoms with E-state index < -0.39 is 27.5 Å². The van der Waals surface area contributed by atoms with E-state index in [9.17, 15) is 14.7 Å². The summed E-state index contributed by atoms with van der Waals surface area (Å²) in [6.07, 6.45) is 3.44. The largest absolute Gasteiger partial charge is 0.503 e. The molecule has 3 atom stereocenters. The number of phenols is 1. The van der Waals surface area contributed by atoms with Crippen molar-refractivity contribution in [1.29, 1.82) is 0 Å². The number of methoxy groups -OCH3 is 1. The normalized spacial score (nSPS) is 30.2. The lowest BCUT2D eigenvalue weighted by Gasteiger charge is -2.42. The summed E-state index contributed by atoms with van der Waals surface area (Å²) >= 11 is 20.4. The van der Waals surface area contributed by atoms with E-state index in [4.69, 9.17) is 27.9 Å². The van der Waals surface area contributed by atoms with Crippen molar-refractivity contribution in [2.75, 3.05) is 14.2 Å². The van der Waals surface area contributed by atoms with E-state index in [1.54, 1.807) is 18.2 Å². The number of nitrogens with zero attached hydrogens (tertiary/aromatic N) is 1. The maximum atomic E-state index is 13.1. The molecule has 0 aromatic heterocycles. The van der Waals surface area contributed by atoms with Gasteiger partial charge in [0.2, 0.25) is 0 Å². The molecule has 1 aliphatic heterocycles. The molecule has 1 N–H and O–H groups in total. The minimum atomic E-state index is -1.76. The number of phenolic OH excluding ortho intramolecular Hbond substituents is 1. The van der Waals surface area contributed by atoms with E-state index in [0.29, 0.717) is 20.1 Å². The molecule has 1 heterocycles. The first kappa shape index (κ1) is 20.7. The SMILES string of the molecule is C=CC1=CCC2(Cl)C(=O)N(C)C(=O)C2(Cl)C1c1cc(OC)c(O)c(Br)c1Br. The molecule has 2 aliphatic rings. The number of carbonyl (C=O) groups excluding carboxylic acids is 2. The maximum Gasteiger partial charge on any atom is 0.253 e. The number of ether oxygens (including phenoxy) is 1. The van der Waals surface area contributed by atoms with Gasteiger partial charge in [-0.25, -0.2) is 0 Å². The minimum absolute atomic E-state index is 0.0961. The topological polar surface area (TPSA) is 66.8 Å². The second-order valence-corrected chi connectivity index (χ2v) is 9.20. The average molecular weight is 540 g/mol. The van der Waals surface area contributed by atoms with E-state index >= 15 is 0 Å². The summed E-state index contributed by atoms with van der Waals surface area (Å²) in [4.78, 5) is 23.4. The van der Waals surface area contributed by atoms with Crippen molar-refractivity contribution >= 4 is 66.9 Å². The molecular weight excluding hydrogens is 525 g/mol. The van der Waals surface area contributed by atoms with Crippen LogP contribution in [0.3, 0.4) is 0 Å². The van der Waals surface area contributed by atoms with Gasteiger partial charge in [0, 0.05) is 17.4 Å². The molecule has 5 nitrogen and oxygen atoms in total. The van der Waals surface area contributed by atoms with Gasteiger partial charge in [0.15, 0.2) is 21.2 Å². The third kappa shape index (κ3) is 2.55. The third-order valence-electron chi connectivity index (χ3n) is 5.13. The molecule has 0 radical (unpaired) electrons. The molecule has 0 saturated carbocycles. The minimum Gasteiger partial charge on any atom is -0.503 e. The van der Waals surface area contributed by atoms with E-state index in [2.05, 4.69) is 38.4 Å². The van der Waals surface area contributed by atoms with Crippen molar-refractivity contribution in [1.82, 2.24) is 4.90 Å². The Morgan fingerprint density at radius 2 is 1.96 bits per heavy atom. The molecule has 1 saturated heterocycles. The summed E-state index contributed by atoms with van der Waals surface area (Å²) in [7, 11) is 2.77. The van der Waals surface area contributed by atoms with Gasteiger partial charge < -0.3 is 9.84 Å². The smallest absolute Gasteiger partial charge is 0.253 e. The Morgan fingerprint density at radius 1 is 1.33 bits per heavy atom. The van der Waals surface area contributed by atoms with Gasteiger partial charge in [0.25, 0.3) is 11.8 Å². The van der Waals surface area contributed by atoms with Crippen LogP contribution in [0.15, 0.2) is 39.3 Å². The van der Waals surface area contributed by atoms with E-state index in [0.717, 1.165) is 4.90 Å². The summed E-state index contributed by atoms with van der Waals surface area (Å²) < 4.78 is 6.03. The van der Waals surface area contributed by atoms with Gasteiger partial charge in [-0.15, -0.1) is 23.2 Å². The van der Waals surface area contributed by atoms with Crippen LogP contribution in [-0.2, 0) is 9.59 Å². The van der Waals surface area contributed by atoms with Crippen molar-refractivity contribution in [2.24, 2.45) is 0 Å². The monoisotopic (exact) mass is 537 g/mol. The summed E-state index contributed by atoms with van der Waals surface area (Å²) in [5.74, 6) is -1.87. The van der Waals surface area contributed by atoms with Crippen LogP contribution in [0.4, 0.5) is 0 Å². The molecule has 144 valence electrons. The molecule has 0 spiro atoms. The van der Waals surface area contributed by atoms with Crippen LogP contribution in [0.1, 0.15) is 17.9 Å². The number of hydrogen-bond donors (Lipinski definition) is 1. The van der Waals surface area contributed by atoms with Gasteiger partial charge in [-0.3, -0.25) is 14.5 Å². The number of aromatic hydroxyl groups is 1. The molecular formula is C18H15Br2Cl2NO4. The van der Waals surface area contributed by atoms with Gasteiger partial charge in [-0.2, -0.15) is 0 Å². The number of imide groups is 1. The second kappa shape index (κ2) is 6.79. The van der Waals surface area contributed by atoms with Crippen molar-refractivity contribution in [3.8, 4) is 11.5 Å². The molecule has 3 unspecified atom stereocenters. The summed E-state index contributed by atoms with van der Waals surface area (Å²) in [6, 6.07) is 1.56. The number of halogens is 4. The van der Waals surface area contributed by atoms with E-state index in [1.807, 2.05) is 0 Å². The molecule has 1 aromatic rings. The second-order valence-electron chi connectivity index (χ2n) is 6.37. The fourth-order valence-electron chi connectivity index (χ4n) is 3.69. The summed E-state index contributed by atoms with van der Waals surface area (Å²) in [6.45, 7) is 3.82. The molecule has 27 heavy (non-hydrogen) atoms. The fraction of sp³-hybridized carbons (Fsp3) is 0.333. The van der Waals surface area contributed by atoms with Crippen LogP contribution in [0, 0.1) is 0 Å². The zero-order valence-corrected chi connectivity index (χ0v) is 19.0. The molecule has 3 rings (SSSR count). The maximum absolute atomic E-state index is 13.1. The predicted octanol–water partition coefficient (Wildman–Crippen LogP) is 4.48. The van der Waals surface area contributed by atoms with Crippen LogP contribution in [0.2, 0.25) is 0 Å². The summed E-state index contributed by atoms with van der Waals surface area (Å²) in [5, 5.41) is 10.2. The Balaban J connectivity index is 2.37. The van der Waals surface area contributed by atoms with Gasteiger partial charge in [0.05, 0.1) is 11.6 Å². The van der Waals surface area contributed by atoms with Crippen molar-refractivity contribution in [3.05, 3.63) is 44.9 Å². The number of amides is 2. The van der Waals surface area contributed by atoms with Crippen LogP contribution < -0.4 is 4.74 Å². The van der Waals surface area contributed by atoms with Crippen LogP contribution in [0.5, 0.6) is 11.5 Å². The Morgan fingerprint density at radius 3 is 2.52 bits per heavy atom. The Bertz CT molecular complexity index is 919. The number of benzene rings is 1. The Labute approximate surface area is 183 Å². The lowest BCUT2D eigenvalue weighted by Crippen LogP contribution is -2.55. The number of alkyl halides is 2. The third-order valence-corrected chi connectivity index (χ3v) is 8.70. The highest BCUT2D eigenvalue weighted by molar-refractivity contribution is 9.13. The first-order chi connectivity index (χ1) is 12.6. The van der Waals surface area contributed by atoms with Gasteiger partial charge >= 0.3 is 0 Å². The number of hydrogen-bond acceptors (Lipinski definition) is 4. The molecule has 0 bridgehead atoms. The number of fused-ring (bicyclic) bond motifs is 1. The van der Waals surface area contributed by atoms with Crippen LogP contribution >= 0.6 is 55.1 Å². The first-order valence-electron chi connectivity index (χ1n) is 7.84. The molecule has 1 aliphatic carbocycles. The number of likely N-dealkylation sites (tertiary alicyclic amines) is 1. The average Bonchev–Trinajstić information content (AvgIpc) is 2.79. The first-order valence-corrected chi connectivity index (χ1v) is 10.2. The van der Waals surface area contributed by atoms with Crippen LogP contribution in [0.25, 0.3) is 0 Å². The fourth-order valence-corrected chi connectivity index (χ4v) is 5.57. The standard InChI is InChI=1S/C18H15Br2Cl2NO4/c1-4-8-5-6-17(21)15(25)23(2)16(26)18(17,22)11(8)9-7-10(27-3)14(24)13(20)12(9)19/h4-5,7,11,24H,1,6H2,2-3H3. The van der Waals surface area contributed by atoms with Crippen LogP contribution in [-0.4, -0.2) is 45.7 Å². The lowest BCUT2D eigenvalue weighted by atomic mass is 9.68. The van der Waals surface area contributed by atoms with Gasteiger partial charge in [0.1, 0.15) is 0 Å². The highest BCUT2D eigenvalue weighted by Crippen LogP contribution is 2.60. The number of carbonyl (C=O) groups is 2. The summed E-state index contributed by atoms with van der Waals surface area (Å²) in [5.41, 5.74) is 1.18. The molecule has 2 amide bonds. The Hall–Kier alpha value is -1.02. The zero-order valence-electron chi connectivity index (χ0n) is 14.4. The highest BCUT2D eigenvalue weighted by Gasteiger charge is 2.72. The van der Waals surface area contributed by atoms with E-state index in [-0.39, 0.29) is 17.9 Å². The van der Waals surface area contributed by atoms with Gasteiger partial charge in [-0.1, -0.05) is 18.7 Å². The Kier molecular flexibility index (Phi) is 5.21. The molecule has 1 aromatic carbocycles. The highest BCUT2D eigenvalue weighted by atomic mass is 79.9.